The number of likely N-dealkylation sites (tertiary alicyclic amines) is 1. The molecule has 2 heterocycles. The Kier molecular flexibility index (Phi) is 7.39. The van der Waals surface area contributed by atoms with E-state index in [1.54, 1.807) is 24.3 Å². The fraction of sp³-hybridized carbons (Fsp3) is 0.379. The number of alkyl halides is 3. The number of amides is 4. The molecule has 4 amide bonds. The van der Waals surface area contributed by atoms with E-state index in [0.29, 0.717) is 16.9 Å². The van der Waals surface area contributed by atoms with Crippen molar-refractivity contribution < 1.29 is 33.9 Å². The number of carbonyl (C=O) groups excluding carboxylic acids is 4. The zero-order valence-corrected chi connectivity index (χ0v) is 25.4. The average molecular weight is 693 g/mol. The molecule has 2 aliphatic heterocycles. The highest BCUT2D eigenvalue weighted by Gasteiger charge is 2.76. The Labute approximate surface area is 263 Å². The van der Waals surface area contributed by atoms with Gasteiger partial charge in [0.2, 0.25) is 11.8 Å². The van der Waals surface area contributed by atoms with Gasteiger partial charge >= 0.3 is 0 Å². The van der Waals surface area contributed by atoms with Gasteiger partial charge in [-0.25, -0.2) is 4.90 Å². The lowest BCUT2D eigenvalue weighted by Gasteiger charge is -2.50. The van der Waals surface area contributed by atoms with E-state index in [1.165, 1.54) is 24.3 Å². The molecule has 0 radical (unpaired) electrons. The summed E-state index contributed by atoms with van der Waals surface area (Å²) in [6.45, 7) is -0.103. The molecule has 0 aromatic heterocycles. The minimum atomic E-state index is -1.94. The van der Waals surface area contributed by atoms with Crippen LogP contribution in [0.2, 0.25) is 0 Å². The molecule has 1 N–H and O–H groups in total. The molecule has 2 aromatic rings. The van der Waals surface area contributed by atoms with Gasteiger partial charge in [0.25, 0.3) is 17.5 Å². The molecule has 6 rings (SSSR count). The summed E-state index contributed by atoms with van der Waals surface area (Å²) in [5.74, 6) is -5.37. The van der Waals surface area contributed by atoms with Gasteiger partial charge < -0.3 is 9.84 Å². The summed E-state index contributed by atoms with van der Waals surface area (Å²) in [6.07, 6.45) is 1.80. The van der Waals surface area contributed by atoms with Gasteiger partial charge in [-0.3, -0.25) is 34.2 Å². The average Bonchev–Trinajstić information content (AvgIpc) is 3.34. The molecular formula is C29H24BrCl2N3O8. The van der Waals surface area contributed by atoms with Crippen molar-refractivity contribution in [2.45, 2.75) is 28.5 Å². The molecule has 2 aliphatic carbocycles. The van der Waals surface area contributed by atoms with E-state index in [9.17, 15) is 29.3 Å². The number of hydrogen-bond acceptors (Lipinski definition) is 8. The Morgan fingerprint density at radius 3 is 2.42 bits per heavy atom. The highest BCUT2D eigenvalue weighted by atomic mass is 79.9. The second kappa shape index (κ2) is 10.7. The summed E-state index contributed by atoms with van der Waals surface area (Å²) in [6, 6.07) is 12.0. The van der Waals surface area contributed by atoms with Gasteiger partial charge in [0, 0.05) is 18.1 Å². The van der Waals surface area contributed by atoms with Crippen molar-refractivity contribution in [1.82, 2.24) is 4.90 Å². The Hall–Kier alpha value is -3.32. The molecule has 2 saturated heterocycles. The fourth-order valence-corrected chi connectivity index (χ4v) is 8.47. The highest BCUT2D eigenvalue weighted by molar-refractivity contribution is 9.09. The van der Waals surface area contributed by atoms with E-state index in [-0.39, 0.29) is 42.9 Å². The predicted octanol–water partition coefficient (Wildman–Crippen LogP) is 3.88. The van der Waals surface area contributed by atoms with Gasteiger partial charge in [-0.2, -0.15) is 0 Å². The first-order valence-electron chi connectivity index (χ1n) is 13.5. The number of nitro benzene ring substituents is 1. The number of ether oxygens (including phenoxy) is 1. The number of anilines is 1. The van der Waals surface area contributed by atoms with Crippen molar-refractivity contribution in [2.75, 3.05) is 23.6 Å². The van der Waals surface area contributed by atoms with Crippen LogP contribution in [0.1, 0.15) is 24.3 Å². The molecule has 0 spiro atoms. The van der Waals surface area contributed by atoms with Gasteiger partial charge in [0.1, 0.15) is 12.4 Å². The number of aliphatic hydroxyl groups is 1. The third-order valence-corrected chi connectivity index (χ3v) is 10.8. The molecule has 3 fully saturated rings. The van der Waals surface area contributed by atoms with Crippen LogP contribution in [0.5, 0.6) is 5.75 Å². The van der Waals surface area contributed by atoms with E-state index < -0.39 is 62.0 Å². The Morgan fingerprint density at radius 1 is 1.05 bits per heavy atom. The van der Waals surface area contributed by atoms with Crippen molar-refractivity contribution in [2.24, 2.45) is 17.8 Å². The number of hydrogen-bond donors (Lipinski definition) is 1. The number of nitrogens with zero attached hydrogens (tertiary/aromatic N) is 3. The van der Waals surface area contributed by atoms with E-state index in [1.807, 2.05) is 6.08 Å². The number of aliphatic hydroxyl groups excluding tert-OH is 1. The summed E-state index contributed by atoms with van der Waals surface area (Å²) in [7, 11) is 0. The normalized spacial score (nSPS) is 31.5. The van der Waals surface area contributed by atoms with Crippen LogP contribution in [0.4, 0.5) is 11.4 Å². The summed E-state index contributed by atoms with van der Waals surface area (Å²) in [4.78, 5) is 64.1. The molecule has 0 unspecified atom stereocenters. The third kappa shape index (κ3) is 4.17. The molecule has 43 heavy (non-hydrogen) atoms. The molecule has 2 aromatic carbocycles. The van der Waals surface area contributed by atoms with Crippen LogP contribution in [0, 0.1) is 27.9 Å². The van der Waals surface area contributed by atoms with E-state index in [2.05, 4.69) is 15.9 Å². The van der Waals surface area contributed by atoms with Crippen LogP contribution in [0.3, 0.4) is 0 Å². The van der Waals surface area contributed by atoms with Crippen molar-refractivity contribution in [3.63, 3.8) is 0 Å². The predicted molar refractivity (Wildman–Crippen MR) is 158 cm³/mol. The quantitative estimate of drug-likeness (QED) is 0.115. The molecule has 11 nitrogen and oxygen atoms in total. The summed E-state index contributed by atoms with van der Waals surface area (Å²) in [5.41, 5.74) is 0.845. The maximum atomic E-state index is 14.0. The number of nitro groups is 1. The lowest BCUT2D eigenvalue weighted by atomic mass is 9.56. The van der Waals surface area contributed by atoms with Crippen LogP contribution >= 0.6 is 39.1 Å². The Balaban J connectivity index is 1.46. The van der Waals surface area contributed by atoms with Crippen molar-refractivity contribution in [1.29, 1.82) is 0 Å². The molecule has 14 heteroatoms. The van der Waals surface area contributed by atoms with Crippen LogP contribution < -0.4 is 9.64 Å². The molecule has 0 bridgehead atoms. The van der Waals surface area contributed by atoms with Crippen LogP contribution in [-0.2, 0) is 19.2 Å². The Morgan fingerprint density at radius 2 is 1.77 bits per heavy atom. The van der Waals surface area contributed by atoms with Crippen LogP contribution in [-0.4, -0.2) is 67.0 Å². The van der Waals surface area contributed by atoms with Crippen LogP contribution in [0.15, 0.2) is 60.2 Å². The maximum absolute atomic E-state index is 14.0. The number of benzene rings is 2. The number of rotatable bonds is 7. The van der Waals surface area contributed by atoms with E-state index in [4.69, 9.17) is 33.0 Å². The Bertz CT molecular complexity index is 1600. The second-order valence-electron chi connectivity index (χ2n) is 10.9. The fourth-order valence-electron chi connectivity index (χ4n) is 7.05. The SMILES string of the molecule is O=C1[C@H]2[C@H](CC=C3[C@H]2C[C@@]2(Cl)C(=O)N(CBr)C(=O)[C@@]2(Cl)[C@H]3c2ccc(OCCO)cc2)C(=O)N1c1cccc([N+](=O)[O-])c1. The largest absolute Gasteiger partial charge is 0.491 e. The maximum Gasteiger partial charge on any atom is 0.271 e. The number of fused-ring (bicyclic) bond motifs is 4. The lowest BCUT2D eigenvalue weighted by Crippen LogP contribution is -2.60. The zero-order valence-electron chi connectivity index (χ0n) is 22.3. The number of halogens is 3. The summed E-state index contributed by atoms with van der Waals surface area (Å²) < 4.78 is 5.48. The van der Waals surface area contributed by atoms with Crippen molar-refractivity contribution in [3.05, 3.63) is 75.9 Å². The first-order valence-corrected chi connectivity index (χ1v) is 15.3. The first-order chi connectivity index (χ1) is 20.5. The molecule has 1 saturated carbocycles. The monoisotopic (exact) mass is 691 g/mol. The van der Waals surface area contributed by atoms with Crippen molar-refractivity contribution >= 4 is 74.1 Å². The second-order valence-corrected chi connectivity index (χ2v) is 12.7. The van der Waals surface area contributed by atoms with Crippen molar-refractivity contribution in [3.8, 4) is 5.75 Å². The lowest BCUT2D eigenvalue weighted by molar-refractivity contribution is -0.384. The minimum Gasteiger partial charge on any atom is -0.491 e. The molecular weight excluding hydrogens is 669 g/mol. The van der Waals surface area contributed by atoms with Gasteiger partial charge in [0.15, 0.2) is 9.75 Å². The molecule has 6 atom stereocenters. The number of non-ortho nitro benzene ring substituents is 1. The topological polar surface area (TPSA) is 147 Å². The number of carbonyl (C=O) groups is 4. The van der Waals surface area contributed by atoms with Crippen LogP contribution in [0.25, 0.3) is 0 Å². The first kappa shape index (κ1) is 29.7. The van der Waals surface area contributed by atoms with Gasteiger partial charge in [-0.05, 0) is 42.5 Å². The number of allylic oxidation sites excluding steroid dienone is 2. The molecule has 224 valence electrons. The smallest absolute Gasteiger partial charge is 0.271 e. The summed E-state index contributed by atoms with van der Waals surface area (Å²) >= 11 is 17.6. The van der Waals surface area contributed by atoms with Gasteiger partial charge in [-0.1, -0.05) is 45.8 Å². The van der Waals surface area contributed by atoms with E-state index in [0.717, 1.165) is 9.80 Å². The van der Waals surface area contributed by atoms with E-state index >= 15 is 0 Å². The van der Waals surface area contributed by atoms with Gasteiger partial charge in [-0.15, -0.1) is 23.2 Å². The third-order valence-electron chi connectivity index (χ3n) is 8.89. The highest BCUT2D eigenvalue weighted by Crippen LogP contribution is 2.65. The zero-order chi connectivity index (χ0) is 30.8. The summed E-state index contributed by atoms with van der Waals surface area (Å²) in [5, 5.41) is 20.5. The standard InChI is InChI=1S/C29H24BrCl2N3O8/c30-14-33-26(39)28(31)13-21-19(23(29(28,32)27(33)40)15-4-6-18(7-5-15)43-11-10-36)8-9-20-22(21)25(38)34(24(20)37)16-2-1-3-17(12-16)35(41)42/h1-8,12,20-23,36H,9-11,13-14H2/t20-,21+,22-,23-,28+,29-/m0/s1. The van der Waals surface area contributed by atoms with Gasteiger partial charge in [0.05, 0.1) is 34.5 Å². The minimum absolute atomic E-state index is 0.0771. The molecule has 4 aliphatic rings. The number of imide groups is 2.